The van der Waals surface area contributed by atoms with Gasteiger partial charge in [-0.1, -0.05) is 50.1 Å². The third-order valence-corrected chi connectivity index (χ3v) is 4.68. The molecule has 1 saturated heterocycles. The molecular weight excluding hydrogens is 260 g/mol. The lowest BCUT2D eigenvalue weighted by Crippen LogP contribution is -2.46. The fourth-order valence-corrected chi connectivity index (χ4v) is 3.19. The van der Waals surface area contributed by atoms with Gasteiger partial charge in [-0.15, -0.1) is 0 Å². The summed E-state index contributed by atoms with van der Waals surface area (Å²) in [6.45, 7) is 3.78. The monoisotopic (exact) mass is 286 g/mol. The lowest BCUT2D eigenvalue weighted by molar-refractivity contribution is -0.0230. The second-order valence-corrected chi connectivity index (χ2v) is 6.07. The average molecular weight is 286 g/mol. The number of nitriles is 1. The molecule has 1 aromatic rings. The first kappa shape index (κ1) is 16.0. The number of hydrogen-bond donors (Lipinski definition) is 1. The first-order valence-corrected chi connectivity index (χ1v) is 8.11. The van der Waals surface area contributed by atoms with E-state index < -0.39 is 0 Å². The smallest absolute Gasteiger partial charge is 0.107 e. The minimum Gasteiger partial charge on any atom is -0.378 e. The second kappa shape index (κ2) is 7.59. The van der Waals surface area contributed by atoms with E-state index in [9.17, 15) is 10.4 Å². The van der Waals surface area contributed by atoms with Crippen molar-refractivity contribution in [2.75, 3.05) is 13.1 Å². The summed E-state index contributed by atoms with van der Waals surface area (Å²) < 4.78 is 0. The minimum atomic E-state index is -0.374. The fraction of sp³-hybridized carbons (Fsp3) is 0.611. The number of aliphatic hydroxyl groups is 1. The van der Waals surface area contributed by atoms with E-state index >= 15 is 0 Å². The van der Waals surface area contributed by atoms with Crippen LogP contribution in [-0.2, 0) is 5.41 Å². The van der Waals surface area contributed by atoms with E-state index in [1.165, 1.54) is 12.8 Å². The Morgan fingerprint density at radius 3 is 2.48 bits per heavy atom. The number of aliphatic hydroxyl groups excluding tert-OH is 1. The maximum absolute atomic E-state index is 10.3. The summed E-state index contributed by atoms with van der Waals surface area (Å²) in [6.07, 6.45) is 5.55. The fourth-order valence-electron chi connectivity index (χ4n) is 3.19. The van der Waals surface area contributed by atoms with E-state index in [4.69, 9.17) is 0 Å². The zero-order valence-corrected chi connectivity index (χ0v) is 13.0. The molecule has 1 aliphatic heterocycles. The van der Waals surface area contributed by atoms with Crippen molar-refractivity contribution in [3.63, 3.8) is 0 Å². The van der Waals surface area contributed by atoms with Gasteiger partial charge in [0.25, 0.3) is 0 Å². The predicted octanol–water partition coefficient (Wildman–Crippen LogP) is 3.44. The zero-order valence-electron chi connectivity index (χ0n) is 13.0. The molecule has 3 heteroatoms. The number of benzene rings is 1. The van der Waals surface area contributed by atoms with Crippen molar-refractivity contribution in [1.82, 2.24) is 4.90 Å². The highest BCUT2D eigenvalue weighted by atomic mass is 16.3. The summed E-state index contributed by atoms with van der Waals surface area (Å²) in [5.41, 5.74) is 0.744. The van der Waals surface area contributed by atoms with Crippen LogP contribution in [-0.4, -0.2) is 29.3 Å². The van der Waals surface area contributed by atoms with E-state index in [0.717, 1.165) is 44.3 Å². The molecule has 1 N–H and O–H groups in total. The van der Waals surface area contributed by atoms with Gasteiger partial charge >= 0.3 is 0 Å². The molecule has 0 amide bonds. The maximum Gasteiger partial charge on any atom is 0.107 e. The Kier molecular flexibility index (Phi) is 5.78. The van der Waals surface area contributed by atoms with E-state index in [2.05, 4.69) is 30.0 Å². The first-order chi connectivity index (χ1) is 10.2. The highest BCUT2D eigenvalue weighted by Crippen LogP contribution is 2.35. The van der Waals surface area contributed by atoms with Crippen molar-refractivity contribution < 1.29 is 5.11 Å². The molecule has 21 heavy (non-hydrogen) atoms. The van der Waals surface area contributed by atoms with Gasteiger partial charge in [-0.3, -0.25) is 4.90 Å². The Morgan fingerprint density at radius 2 is 1.90 bits per heavy atom. The molecule has 114 valence electrons. The topological polar surface area (TPSA) is 47.3 Å². The van der Waals surface area contributed by atoms with Gasteiger partial charge in [0.1, 0.15) is 6.23 Å². The lowest BCUT2D eigenvalue weighted by atomic mass is 9.74. The summed E-state index contributed by atoms with van der Waals surface area (Å²) in [4.78, 5) is 2.13. The number of unbranched alkanes of at least 4 members (excludes halogenated alkanes) is 2. The highest BCUT2D eigenvalue weighted by molar-refractivity contribution is 5.33. The SMILES string of the molecule is CCCCCC(O)N1CCC(C#N)(c2ccccc2)CC1. The van der Waals surface area contributed by atoms with Crippen molar-refractivity contribution in [3.05, 3.63) is 35.9 Å². The van der Waals surface area contributed by atoms with Crippen LogP contribution in [0.25, 0.3) is 0 Å². The summed E-state index contributed by atoms with van der Waals surface area (Å²) >= 11 is 0. The first-order valence-electron chi connectivity index (χ1n) is 8.11. The number of likely N-dealkylation sites (tertiary alicyclic amines) is 1. The molecule has 1 fully saturated rings. The van der Waals surface area contributed by atoms with Crippen molar-refractivity contribution in [2.24, 2.45) is 0 Å². The number of hydrogen-bond acceptors (Lipinski definition) is 3. The largest absolute Gasteiger partial charge is 0.378 e. The van der Waals surface area contributed by atoms with Crippen LogP contribution in [0.1, 0.15) is 51.0 Å². The molecule has 1 unspecified atom stereocenters. The third kappa shape index (κ3) is 3.84. The van der Waals surface area contributed by atoms with Crippen LogP contribution in [0.2, 0.25) is 0 Å². The van der Waals surface area contributed by atoms with Gasteiger partial charge in [-0.05, 0) is 31.2 Å². The predicted molar refractivity (Wildman–Crippen MR) is 84.7 cm³/mol. The maximum atomic E-state index is 10.3. The quantitative estimate of drug-likeness (QED) is 0.815. The van der Waals surface area contributed by atoms with Crippen LogP contribution in [0.15, 0.2) is 30.3 Å². The van der Waals surface area contributed by atoms with Crippen LogP contribution in [0, 0.1) is 11.3 Å². The van der Waals surface area contributed by atoms with Crippen molar-refractivity contribution in [3.8, 4) is 6.07 Å². The van der Waals surface area contributed by atoms with E-state index in [-0.39, 0.29) is 11.6 Å². The Hall–Kier alpha value is -1.37. The molecule has 0 aromatic heterocycles. The van der Waals surface area contributed by atoms with E-state index in [0.29, 0.717) is 0 Å². The Morgan fingerprint density at radius 1 is 1.24 bits per heavy atom. The Balaban J connectivity index is 1.94. The summed E-state index contributed by atoms with van der Waals surface area (Å²) in [6, 6.07) is 12.6. The molecule has 3 nitrogen and oxygen atoms in total. The summed E-state index contributed by atoms with van der Waals surface area (Å²) in [7, 11) is 0. The van der Waals surface area contributed by atoms with Crippen molar-refractivity contribution >= 4 is 0 Å². The van der Waals surface area contributed by atoms with Crippen LogP contribution in [0.3, 0.4) is 0 Å². The van der Waals surface area contributed by atoms with Gasteiger partial charge in [0, 0.05) is 13.1 Å². The molecule has 0 radical (unpaired) electrons. The molecule has 0 bridgehead atoms. The summed E-state index contributed by atoms with van der Waals surface area (Å²) in [5, 5.41) is 19.9. The highest BCUT2D eigenvalue weighted by Gasteiger charge is 2.37. The normalized spacial score (nSPS) is 19.9. The van der Waals surface area contributed by atoms with Crippen LogP contribution in [0.4, 0.5) is 0 Å². The van der Waals surface area contributed by atoms with Crippen LogP contribution < -0.4 is 0 Å². The lowest BCUT2D eigenvalue weighted by Gasteiger charge is -2.39. The molecule has 0 spiro atoms. The summed E-state index contributed by atoms with van der Waals surface area (Å²) in [5.74, 6) is 0. The van der Waals surface area contributed by atoms with Gasteiger partial charge in [-0.2, -0.15) is 5.26 Å². The van der Waals surface area contributed by atoms with Crippen LogP contribution >= 0.6 is 0 Å². The molecule has 0 aliphatic carbocycles. The number of nitrogens with zero attached hydrogens (tertiary/aromatic N) is 2. The van der Waals surface area contributed by atoms with Gasteiger partial charge in [0.2, 0.25) is 0 Å². The average Bonchev–Trinajstić information content (AvgIpc) is 2.56. The molecule has 1 aliphatic rings. The molecule has 0 saturated carbocycles. The molecule has 1 aromatic carbocycles. The molecule has 1 atom stereocenters. The van der Waals surface area contributed by atoms with Gasteiger partial charge < -0.3 is 5.11 Å². The van der Waals surface area contributed by atoms with Crippen molar-refractivity contribution in [2.45, 2.75) is 57.1 Å². The standard InChI is InChI=1S/C18H26N2O/c1-2-3-5-10-17(21)20-13-11-18(15-19,12-14-20)16-8-6-4-7-9-16/h4,6-9,17,21H,2-3,5,10-14H2,1H3. The van der Waals surface area contributed by atoms with Crippen molar-refractivity contribution in [1.29, 1.82) is 5.26 Å². The minimum absolute atomic E-state index is 0.344. The molecule has 1 heterocycles. The van der Waals surface area contributed by atoms with Gasteiger partial charge in [0.15, 0.2) is 0 Å². The number of piperidine rings is 1. The van der Waals surface area contributed by atoms with Crippen LogP contribution in [0.5, 0.6) is 0 Å². The van der Waals surface area contributed by atoms with E-state index in [1.54, 1.807) is 0 Å². The van der Waals surface area contributed by atoms with E-state index in [1.807, 2.05) is 18.2 Å². The molecular formula is C18H26N2O. The Bertz CT molecular complexity index is 458. The third-order valence-electron chi connectivity index (χ3n) is 4.68. The second-order valence-electron chi connectivity index (χ2n) is 6.07. The van der Waals surface area contributed by atoms with Gasteiger partial charge in [0.05, 0.1) is 11.5 Å². The zero-order chi connectivity index (χ0) is 15.1. The van der Waals surface area contributed by atoms with Gasteiger partial charge in [-0.25, -0.2) is 0 Å². The molecule has 2 rings (SSSR count). The Labute approximate surface area is 128 Å². The number of rotatable bonds is 6.